The summed E-state index contributed by atoms with van der Waals surface area (Å²) in [7, 11) is 0. The second-order valence-electron chi connectivity index (χ2n) is 8.31. The van der Waals surface area contributed by atoms with Crippen molar-refractivity contribution in [2.45, 2.75) is 55.6 Å². The molecule has 2 heterocycles. The molecule has 3 amide bonds. The van der Waals surface area contributed by atoms with E-state index in [2.05, 4.69) is 10.6 Å². The lowest BCUT2D eigenvalue weighted by atomic mass is 10.1. The molecule has 2 aliphatic carbocycles. The van der Waals surface area contributed by atoms with Crippen LogP contribution in [0.4, 0.5) is 4.79 Å². The number of thioether (sulfide) groups is 1. The number of para-hydroxylation sites is 1. The first-order chi connectivity index (χ1) is 15.6. The topological polar surface area (TPSA) is 93.1 Å². The van der Waals surface area contributed by atoms with Crippen LogP contribution in [0.3, 0.4) is 0 Å². The highest BCUT2D eigenvalue weighted by Gasteiger charge is 2.29. The Morgan fingerprint density at radius 2 is 1.88 bits per heavy atom. The van der Waals surface area contributed by atoms with Gasteiger partial charge < -0.3 is 5.32 Å². The SMILES string of the molecule is O=C(CSc1nc2scc(C3CC3)c2c(=O)n1-c1ccccc1)NC(=O)NC1CCCC1. The maximum absolute atomic E-state index is 13.5. The zero-order chi connectivity index (χ0) is 22.1. The average Bonchev–Trinajstić information content (AvgIpc) is 3.33. The van der Waals surface area contributed by atoms with Gasteiger partial charge in [0.25, 0.3) is 5.56 Å². The smallest absolute Gasteiger partial charge is 0.321 e. The lowest BCUT2D eigenvalue weighted by Crippen LogP contribution is -2.44. The molecule has 0 aliphatic heterocycles. The van der Waals surface area contributed by atoms with E-state index in [1.807, 2.05) is 35.7 Å². The van der Waals surface area contributed by atoms with Crippen molar-refractivity contribution in [3.63, 3.8) is 0 Å². The van der Waals surface area contributed by atoms with E-state index in [1.165, 1.54) is 11.3 Å². The van der Waals surface area contributed by atoms with Crippen molar-refractivity contribution < 1.29 is 9.59 Å². The molecule has 2 aromatic heterocycles. The van der Waals surface area contributed by atoms with Crippen LogP contribution in [-0.4, -0.2) is 33.3 Å². The Morgan fingerprint density at radius 3 is 2.59 bits per heavy atom. The number of carbonyl (C=O) groups is 2. The number of benzene rings is 1. The van der Waals surface area contributed by atoms with Crippen LogP contribution < -0.4 is 16.2 Å². The van der Waals surface area contributed by atoms with Gasteiger partial charge in [-0.1, -0.05) is 42.8 Å². The maximum Gasteiger partial charge on any atom is 0.321 e. The van der Waals surface area contributed by atoms with Crippen LogP contribution in [0.2, 0.25) is 0 Å². The minimum atomic E-state index is -0.460. The number of fused-ring (bicyclic) bond motifs is 1. The molecule has 0 saturated heterocycles. The Kier molecular flexibility index (Phi) is 6.01. The second kappa shape index (κ2) is 9.07. The number of thiophene rings is 1. The molecule has 166 valence electrons. The lowest BCUT2D eigenvalue weighted by Gasteiger charge is -2.13. The van der Waals surface area contributed by atoms with Crippen molar-refractivity contribution in [3.8, 4) is 5.69 Å². The monoisotopic (exact) mass is 468 g/mol. The molecule has 3 aromatic rings. The third kappa shape index (κ3) is 4.45. The molecule has 7 nitrogen and oxygen atoms in total. The van der Waals surface area contributed by atoms with Crippen molar-refractivity contribution >= 4 is 45.3 Å². The van der Waals surface area contributed by atoms with Gasteiger partial charge in [-0.2, -0.15) is 0 Å². The van der Waals surface area contributed by atoms with Crippen molar-refractivity contribution in [3.05, 3.63) is 51.6 Å². The molecule has 9 heteroatoms. The van der Waals surface area contributed by atoms with Crippen molar-refractivity contribution in [2.24, 2.45) is 0 Å². The number of amides is 3. The summed E-state index contributed by atoms with van der Waals surface area (Å²) in [6.07, 6.45) is 6.32. The summed E-state index contributed by atoms with van der Waals surface area (Å²) in [6.45, 7) is 0. The highest BCUT2D eigenvalue weighted by molar-refractivity contribution is 7.99. The van der Waals surface area contributed by atoms with Gasteiger partial charge in [-0.3, -0.25) is 19.5 Å². The average molecular weight is 469 g/mol. The van der Waals surface area contributed by atoms with Crippen LogP contribution in [0.1, 0.15) is 50.0 Å². The van der Waals surface area contributed by atoms with E-state index in [0.29, 0.717) is 27.0 Å². The number of nitrogens with one attached hydrogen (secondary N) is 2. The molecule has 5 rings (SSSR count). The summed E-state index contributed by atoms with van der Waals surface area (Å²) in [5, 5.41) is 8.42. The zero-order valence-electron chi connectivity index (χ0n) is 17.5. The summed E-state index contributed by atoms with van der Waals surface area (Å²) >= 11 is 2.64. The quantitative estimate of drug-likeness (QED) is 0.418. The van der Waals surface area contributed by atoms with Crippen LogP contribution in [0.15, 0.2) is 45.7 Å². The number of nitrogens with zero attached hydrogens (tertiary/aromatic N) is 2. The van der Waals surface area contributed by atoms with E-state index in [0.717, 1.165) is 55.9 Å². The van der Waals surface area contributed by atoms with Crippen molar-refractivity contribution in [1.82, 2.24) is 20.2 Å². The molecular weight excluding hydrogens is 444 g/mol. The number of rotatable bonds is 6. The molecule has 0 spiro atoms. The molecular formula is C23H24N4O3S2. The molecule has 2 fully saturated rings. The molecule has 2 saturated carbocycles. The Bertz CT molecular complexity index is 1210. The van der Waals surface area contributed by atoms with Gasteiger partial charge in [0.2, 0.25) is 5.91 Å². The fourth-order valence-corrected chi connectivity index (χ4v) is 6.05. The first kappa shape index (κ1) is 21.2. The van der Waals surface area contributed by atoms with Crippen LogP contribution in [0.5, 0.6) is 0 Å². The summed E-state index contributed by atoms with van der Waals surface area (Å²) < 4.78 is 1.58. The van der Waals surface area contributed by atoms with E-state index in [-0.39, 0.29) is 17.4 Å². The van der Waals surface area contributed by atoms with Gasteiger partial charge in [-0.15, -0.1) is 11.3 Å². The van der Waals surface area contributed by atoms with Crippen molar-refractivity contribution in [1.29, 1.82) is 0 Å². The summed E-state index contributed by atoms with van der Waals surface area (Å²) in [4.78, 5) is 43.5. The minimum absolute atomic E-state index is 0.0102. The molecule has 0 radical (unpaired) electrons. The largest absolute Gasteiger partial charge is 0.335 e. The molecule has 32 heavy (non-hydrogen) atoms. The van der Waals surface area contributed by atoms with Gasteiger partial charge in [0.1, 0.15) is 4.83 Å². The summed E-state index contributed by atoms with van der Waals surface area (Å²) in [5.74, 6) is 0.0263. The molecule has 2 aliphatic rings. The predicted molar refractivity (Wildman–Crippen MR) is 127 cm³/mol. The number of urea groups is 1. The normalized spacial score (nSPS) is 16.4. The first-order valence-electron chi connectivity index (χ1n) is 10.9. The van der Waals surface area contributed by atoms with E-state index in [9.17, 15) is 14.4 Å². The molecule has 1 aromatic carbocycles. The van der Waals surface area contributed by atoms with Gasteiger partial charge >= 0.3 is 6.03 Å². The Balaban J connectivity index is 1.38. The summed E-state index contributed by atoms with van der Waals surface area (Å²) in [5.41, 5.74) is 1.69. The fourth-order valence-electron chi connectivity index (χ4n) is 4.17. The second-order valence-corrected chi connectivity index (χ2v) is 10.1. The first-order valence-corrected chi connectivity index (χ1v) is 12.8. The number of imide groups is 1. The third-order valence-electron chi connectivity index (χ3n) is 5.91. The van der Waals surface area contributed by atoms with Crippen LogP contribution in [0, 0.1) is 0 Å². The number of aromatic nitrogens is 2. The Morgan fingerprint density at radius 1 is 1.12 bits per heavy atom. The lowest BCUT2D eigenvalue weighted by molar-refractivity contribution is -0.117. The van der Waals surface area contributed by atoms with Gasteiger partial charge in [-0.25, -0.2) is 9.78 Å². The Labute approximate surface area is 193 Å². The van der Waals surface area contributed by atoms with E-state index >= 15 is 0 Å². The number of hydrogen-bond donors (Lipinski definition) is 2. The van der Waals surface area contributed by atoms with Gasteiger partial charge in [0.15, 0.2) is 5.16 Å². The highest BCUT2D eigenvalue weighted by atomic mass is 32.2. The standard InChI is InChI=1S/C23H24N4O3S2/c28-18(25-22(30)24-15-6-4-5-7-15)13-32-23-26-20-19(17(12-31-20)14-10-11-14)21(29)27(23)16-8-2-1-3-9-16/h1-3,8-9,12,14-15H,4-7,10-11,13H2,(H2,24,25,28,30). The minimum Gasteiger partial charge on any atom is -0.335 e. The van der Waals surface area contributed by atoms with Crippen LogP contribution in [0.25, 0.3) is 15.9 Å². The van der Waals surface area contributed by atoms with Crippen molar-refractivity contribution in [2.75, 3.05) is 5.75 Å². The van der Waals surface area contributed by atoms with E-state index < -0.39 is 11.9 Å². The molecule has 0 unspecified atom stereocenters. The molecule has 2 N–H and O–H groups in total. The van der Waals surface area contributed by atoms with Crippen LogP contribution in [-0.2, 0) is 4.79 Å². The number of hydrogen-bond acceptors (Lipinski definition) is 6. The fraction of sp³-hybridized carbons (Fsp3) is 0.391. The van der Waals surface area contributed by atoms with E-state index in [1.54, 1.807) is 4.57 Å². The number of carbonyl (C=O) groups excluding carboxylic acids is 2. The van der Waals surface area contributed by atoms with Gasteiger partial charge in [0.05, 0.1) is 16.8 Å². The third-order valence-corrected chi connectivity index (χ3v) is 7.74. The maximum atomic E-state index is 13.5. The predicted octanol–water partition coefficient (Wildman–Crippen LogP) is 4.19. The summed E-state index contributed by atoms with van der Waals surface area (Å²) in [6, 6.07) is 9.03. The zero-order valence-corrected chi connectivity index (χ0v) is 19.1. The Hall–Kier alpha value is -2.65. The highest BCUT2D eigenvalue weighted by Crippen LogP contribution is 2.44. The van der Waals surface area contributed by atoms with E-state index in [4.69, 9.17) is 4.98 Å². The van der Waals surface area contributed by atoms with Gasteiger partial charge in [-0.05, 0) is 54.7 Å². The van der Waals surface area contributed by atoms with Gasteiger partial charge in [0, 0.05) is 6.04 Å². The molecule has 0 atom stereocenters. The van der Waals surface area contributed by atoms with Crippen LogP contribution >= 0.6 is 23.1 Å². The molecule has 0 bridgehead atoms.